The molecule has 0 aliphatic heterocycles. The van der Waals surface area contributed by atoms with Crippen molar-refractivity contribution >= 4 is 0 Å². The molecule has 0 fully saturated rings. The van der Waals surface area contributed by atoms with E-state index in [1.165, 1.54) is 42.6 Å². The molecule has 92 valence electrons. The van der Waals surface area contributed by atoms with Crippen molar-refractivity contribution in [3.8, 4) is 0 Å². The van der Waals surface area contributed by atoms with Gasteiger partial charge in [0.05, 0.1) is 19.6 Å². The smallest absolute Gasteiger partial charge is 0.104 e. The van der Waals surface area contributed by atoms with Gasteiger partial charge < -0.3 is 9.96 Å². The predicted molar refractivity (Wildman–Crippen MR) is 68.6 cm³/mol. The van der Waals surface area contributed by atoms with E-state index in [1.807, 2.05) is 0 Å². The molecule has 0 aromatic heterocycles. The number of benzene rings is 1. The Kier molecular flexibility index (Phi) is 7.02. The fourth-order valence-electron chi connectivity index (χ4n) is 2.29. The number of quaternary nitrogens is 1. The van der Waals surface area contributed by atoms with Crippen molar-refractivity contribution in [3.63, 3.8) is 0 Å². The first-order chi connectivity index (χ1) is 7.26. The summed E-state index contributed by atoms with van der Waals surface area (Å²) in [6.07, 6.45) is 1.27. The van der Waals surface area contributed by atoms with Crippen LogP contribution in [0.25, 0.3) is 0 Å². The van der Waals surface area contributed by atoms with Gasteiger partial charge >= 0.3 is 0 Å². The number of hydrogen-bond acceptors (Lipinski definition) is 1. The first-order valence-corrected chi connectivity index (χ1v) is 6.15. The van der Waals surface area contributed by atoms with Crippen molar-refractivity contribution in [1.82, 2.24) is 0 Å². The van der Waals surface area contributed by atoms with Crippen LogP contribution < -0.4 is 0 Å². The molecule has 0 heterocycles. The third-order valence-electron chi connectivity index (χ3n) is 3.40. The fourth-order valence-corrected chi connectivity index (χ4v) is 2.29. The predicted octanol–water partition coefficient (Wildman–Crippen LogP) is 3.28. The maximum Gasteiger partial charge on any atom is 0.104 e. The van der Waals surface area contributed by atoms with E-state index in [2.05, 4.69) is 51.1 Å². The largest absolute Gasteiger partial charge is 0.870 e. The maximum atomic E-state index is 2.31. The zero-order valence-electron chi connectivity index (χ0n) is 10.8. The molecule has 0 bridgehead atoms. The highest BCUT2D eigenvalue weighted by atomic mass is 16.0. The Balaban J connectivity index is 0.00000225. The van der Waals surface area contributed by atoms with E-state index in [0.29, 0.717) is 0 Å². The van der Waals surface area contributed by atoms with Crippen molar-refractivity contribution in [2.45, 2.75) is 33.7 Å². The lowest BCUT2D eigenvalue weighted by Gasteiger charge is -2.36. The van der Waals surface area contributed by atoms with Crippen molar-refractivity contribution in [2.75, 3.05) is 19.6 Å². The van der Waals surface area contributed by atoms with Crippen LogP contribution in [0.4, 0.5) is 0 Å². The van der Waals surface area contributed by atoms with Gasteiger partial charge in [0, 0.05) is 5.56 Å². The van der Waals surface area contributed by atoms with Gasteiger partial charge in [0.2, 0.25) is 0 Å². The summed E-state index contributed by atoms with van der Waals surface area (Å²) in [5, 5.41) is 0. The second kappa shape index (κ2) is 7.42. The highest BCUT2D eigenvalue weighted by molar-refractivity contribution is 5.13. The van der Waals surface area contributed by atoms with Crippen molar-refractivity contribution < 1.29 is 9.96 Å². The van der Waals surface area contributed by atoms with Gasteiger partial charge in [-0.2, -0.15) is 0 Å². The quantitative estimate of drug-likeness (QED) is 0.681. The third kappa shape index (κ3) is 3.95. The van der Waals surface area contributed by atoms with Crippen LogP contribution >= 0.6 is 0 Å². The Morgan fingerprint density at radius 2 is 1.50 bits per heavy atom. The van der Waals surface area contributed by atoms with Crippen molar-refractivity contribution in [2.24, 2.45) is 0 Å². The Bertz CT molecular complexity index is 267. The lowest BCUT2D eigenvalue weighted by molar-refractivity contribution is -0.937. The van der Waals surface area contributed by atoms with Gasteiger partial charge in [-0.05, 0) is 20.3 Å². The molecule has 0 radical (unpaired) electrons. The lowest BCUT2D eigenvalue weighted by Crippen LogP contribution is -2.47. The summed E-state index contributed by atoms with van der Waals surface area (Å²) in [5.41, 5.74) is 1.47. The van der Waals surface area contributed by atoms with E-state index < -0.39 is 0 Å². The molecule has 0 unspecified atom stereocenters. The highest BCUT2D eigenvalue weighted by Crippen LogP contribution is 2.14. The molecule has 0 saturated heterocycles. The van der Waals surface area contributed by atoms with Gasteiger partial charge in [0.15, 0.2) is 0 Å². The monoisotopic (exact) mass is 223 g/mol. The Morgan fingerprint density at radius 3 is 1.94 bits per heavy atom. The molecule has 1 aromatic carbocycles. The first-order valence-electron chi connectivity index (χ1n) is 6.15. The Labute approximate surface area is 99.8 Å². The maximum absolute atomic E-state index is 2.31. The van der Waals surface area contributed by atoms with Gasteiger partial charge in [-0.15, -0.1) is 0 Å². The van der Waals surface area contributed by atoms with Crippen LogP contribution in [-0.4, -0.2) is 29.6 Å². The van der Waals surface area contributed by atoms with Crippen LogP contribution in [0.5, 0.6) is 0 Å². The highest BCUT2D eigenvalue weighted by Gasteiger charge is 2.21. The van der Waals surface area contributed by atoms with Crippen LogP contribution in [0.1, 0.15) is 32.8 Å². The minimum absolute atomic E-state index is 0. The van der Waals surface area contributed by atoms with Crippen LogP contribution in [0.3, 0.4) is 0 Å². The average molecular weight is 223 g/mol. The Morgan fingerprint density at radius 1 is 0.938 bits per heavy atom. The lowest BCUT2D eigenvalue weighted by atomic mass is 10.1. The normalized spacial score (nSPS) is 10.9. The summed E-state index contributed by atoms with van der Waals surface area (Å²) < 4.78 is 1.22. The van der Waals surface area contributed by atoms with Gasteiger partial charge in [-0.25, -0.2) is 0 Å². The summed E-state index contributed by atoms with van der Waals surface area (Å²) in [7, 11) is 0. The zero-order chi connectivity index (χ0) is 11.1. The summed E-state index contributed by atoms with van der Waals surface area (Å²) in [6, 6.07) is 10.9. The molecule has 0 saturated carbocycles. The molecule has 0 spiro atoms. The summed E-state index contributed by atoms with van der Waals surface area (Å²) >= 11 is 0. The molecule has 0 aliphatic carbocycles. The minimum Gasteiger partial charge on any atom is -0.870 e. The van der Waals surface area contributed by atoms with Crippen LogP contribution in [0.2, 0.25) is 0 Å². The minimum atomic E-state index is 0. The van der Waals surface area contributed by atoms with E-state index in [-0.39, 0.29) is 5.48 Å². The second-order valence-corrected chi connectivity index (χ2v) is 4.34. The zero-order valence-corrected chi connectivity index (χ0v) is 10.8. The molecule has 1 rings (SSSR count). The molecule has 2 heteroatoms. The molecule has 1 N–H and O–H groups in total. The van der Waals surface area contributed by atoms with E-state index in [0.717, 1.165) is 0 Å². The Hall–Kier alpha value is -0.860. The van der Waals surface area contributed by atoms with Gasteiger partial charge in [0.1, 0.15) is 6.54 Å². The summed E-state index contributed by atoms with van der Waals surface area (Å²) in [6.45, 7) is 11.8. The number of nitrogens with zero attached hydrogens (tertiary/aromatic N) is 1. The van der Waals surface area contributed by atoms with Crippen LogP contribution in [0.15, 0.2) is 30.3 Å². The molecule has 16 heavy (non-hydrogen) atoms. The molecule has 0 amide bonds. The van der Waals surface area contributed by atoms with Crippen LogP contribution in [-0.2, 0) is 6.54 Å². The molecule has 0 aliphatic rings. The summed E-state index contributed by atoms with van der Waals surface area (Å²) in [5.74, 6) is 0. The summed E-state index contributed by atoms with van der Waals surface area (Å²) in [4.78, 5) is 0. The number of hydrogen-bond donors (Lipinski definition) is 0. The topological polar surface area (TPSA) is 30.0 Å². The molecule has 2 nitrogen and oxygen atoms in total. The van der Waals surface area contributed by atoms with E-state index in [9.17, 15) is 0 Å². The standard InChI is InChI=1S/C14H24N.H2O/c1-4-12-15(5-2,6-3)13-14-10-8-7-9-11-14;/h7-11H,4-6,12-13H2,1-3H3;1H2/q+1;/p-1. The first kappa shape index (κ1) is 15.1. The van der Waals surface area contributed by atoms with E-state index >= 15 is 0 Å². The van der Waals surface area contributed by atoms with E-state index in [1.54, 1.807) is 0 Å². The van der Waals surface area contributed by atoms with Crippen molar-refractivity contribution in [3.05, 3.63) is 35.9 Å². The second-order valence-electron chi connectivity index (χ2n) is 4.34. The van der Waals surface area contributed by atoms with E-state index in [4.69, 9.17) is 0 Å². The van der Waals surface area contributed by atoms with Crippen LogP contribution in [0, 0.1) is 0 Å². The van der Waals surface area contributed by atoms with Gasteiger partial charge in [0.25, 0.3) is 0 Å². The van der Waals surface area contributed by atoms with Gasteiger partial charge in [-0.1, -0.05) is 37.3 Å². The molecular weight excluding hydrogens is 198 g/mol. The SMILES string of the molecule is CCC[N+](CC)(CC)Cc1ccccc1.[OH-]. The average Bonchev–Trinajstić information content (AvgIpc) is 2.30. The molecule has 0 atom stereocenters. The number of rotatable bonds is 6. The molecule has 1 aromatic rings. The van der Waals surface area contributed by atoms with Crippen molar-refractivity contribution in [1.29, 1.82) is 0 Å². The third-order valence-corrected chi connectivity index (χ3v) is 3.40. The fraction of sp³-hybridized carbons (Fsp3) is 0.571. The van der Waals surface area contributed by atoms with Gasteiger partial charge in [-0.3, -0.25) is 0 Å². The molecular formula is C14H25NO.